The minimum atomic E-state index is 0.408. The number of benzene rings is 1. The van der Waals surface area contributed by atoms with Crippen molar-refractivity contribution in [2.75, 3.05) is 20.1 Å². The second kappa shape index (κ2) is 3.95. The van der Waals surface area contributed by atoms with Crippen LogP contribution in [0.3, 0.4) is 0 Å². The highest BCUT2D eigenvalue weighted by atomic mass is 15.3. The first-order valence-electron chi connectivity index (χ1n) is 5.61. The molecule has 1 aliphatic heterocycles. The summed E-state index contributed by atoms with van der Waals surface area (Å²) in [7, 11) is 2.18. The Hall–Kier alpha value is -0.860. The maximum absolute atomic E-state index is 3.55. The van der Waals surface area contributed by atoms with Gasteiger partial charge in [0, 0.05) is 13.1 Å². The van der Waals surface area contributed by atoms with E-state index in [4.69, 9.17) is 0 Å². The Morgan fingerprint density at radius 1 is 1.20 bits per heavy atom. The molecule has 0 amide bonds. The first-order chi connectivity index (χ1) is 7.09. The average Bonchev–Trinajstić information content (AvgIpc) is 2.50. The zero-order valence-electron chi connectivity index (χ0n) is 10.1. The first kappa shape index (κ1) is 10.7. The lowest BCUT2D eigenvalue weighted by atomic mass is 9.97. The third kappa shape index (κ3) is 1.92. The Morgan fingerprint density at radius 2 is 1.80 bits per heavy atom. The van der Waals surface area contributed by atoms with E-state index in [1.807, 2.05) is 0 Å². The molecule has 1 atom stereocenters. The highest BCUT2D eigenvalue weighted by Crippen LogP contribution is 2.27. The maximum atomic E-state index is 3.55. The number of rotatable bonds is 1. The molecule has 1 unspecified atom stereocenters. The molecule has 2 rings (SSSR count). The van der Waals surface area contributed by atoms with Gasteiger partial charge in [0.25, 0.3) is 0 Å². The molecule has 0 aromatic heterocycles. The van der Waals surface area contributed by atoms with Crippen LogP contribution < -0.4 is 5.32 Å². The molecule has 0 saturated carbocycles. The van der Waals surface area contributed by atoms with E-state index in [1.54, 1.807) is 0 Å². The second-order valence-corrected chi connectivity index (χ2v) is 4.65. The summed E-state index contributed by atoms with van der Waals surface area (Å²) in [6, 6.07) is 4.55. The van der Waals surface area contributed by atoms with Gasteiger partial charge in [-0.25, -0.2) is 0 Å². The third-order valence-corrected chi connectivity index (χ3v) is 3.25. The summed E-state index contributed by atoms with van der Waals surface area (Å²) < 4.78 is 0. The molecule has 1 aromatic carbocycles. The van der Waals surface area contributed by atoms with Gasteiger partial charge < -0.3 is 0 Å². The first-order valence-corrected chi connectivity index (χ1v) is 5.61. The van der Waals surface area contributed by atoms with Gasteiger partial charge >= 0.3 is 0 Å². The molecule has 1 N–H and O–H groups in total. The van der Waals surface area contributed by atoms with Crippen LogP contribution in [0.4, 0.5) is 0 Å². The Labute approximate surface area is 92.3 Å². The van der Waals surface area contributed by atoms with Crippen LogP contribution in [0.25, 0.3) is 0 Å². The molecule has 82 valence electrons. The van der Waals surface area contributed by atoms with Crippen molar-refractivity contribution in [1.29, 1.82) is 0 Å². The number of likely N-dealkylation sites (N-methyl/N-ethyl adjacent to an activating group) is 1. The predicted octanol–water partition coefficient (Wildman–Crippen LogP) is 2.15. The summed E-state index contributed by atoms with van der Waals surface area (Å²) in [6.45, 7) is 8.81. The Bertz CT molecular complexity index is 348. The van der Waals surface area contributed by atoms with Gasteiger partial charge in [0.1, 0.15) is 0 Å². The van der Waals surface area contributed by atoms with Crippen molar-refractivity contribution in [3.05, 3.63) is 34.4 Å². The molecule has 1 fully saturated rings. The molecule has 1 saturated heterocycles. The van der Waals surface area contributed by atoms with Crippen LogP contribution in [-0.4, -0.2) is 25.0 Å². The van der Waals surface area contributed by atoms with E-state index in [1.165, 1.54) is 22.3 Å². The molecule has 1 aliphatic rings. The number of nitrogens with one attached hydrogen (secondary N) is 1. The van der Waals surface area contributed by atoms with Gasteiger partial charge in [0.2, 0.25) is 0 Å². The van der Waals surface area contributed by atoms with E-state index >= 15 is 0 Å². The summed E-state index contributed by atoms with van der Waals surface area (Å²) in [5.74, 6) is 0. The SMILES string of the molecule is Cc1cc(C)c(C2NCCN2C)c(C)c1. The van der Waals surface area contributed by atoms with Crippen molar-refractivity contribution in [3.8, 4) is 0 Å². The van der Waals surface area contributed by atoms with E-state index < -0.39 is 0 Å². The predicted molar refractivity (Wildman–Crippen MR) is 64.0 cm³/mol. The van der Waals surface area contributed by atoms with Gasteiger partial charge in [-0.2, -0.15) is 0 Å². The molecule has 0 aliphatic carbocycles. The van der Waals surface area contributed by atoms with Crippen molar-refractivity contribution < 1.29 is 0 Å². The zero-order chi connectivity index (χ0) is 11.0. The van der Waals surface area contributed by atoms with Crippen LogP contribution in [0.15, 0.2) is 12.1 Å². The largest absolute Gasteiger partial charge is 0.297 e. The molecule has 0 bridgehead atoms. The quantitative estimate of drug-likeness (QED) is 0.754. The van der Waals surface area contributed by atoms with E-state index in [0.717, 1.165) is 13.1 Å². The van der Waals surface area contributed by atoms with Crippen LogP contribution in [0.1, 0.15) is 28.4 Å². The monoisotopic (exact) mass is 204 g/mol. The van der Waals surface area contributed by atoms with Crippen LogP contribution in [0.2, 0.25) is 0 Å². The highest BCUT2D eigenvalue weighted by Gasteiger charge is 2.24. The average molecular weight is 204 g/mol. The summed E-state index contributed by atoms with van der Waals surface area (Å²) in [5.41, 5.74) is 5.62. The number of hydrogen-bond acceptors (Lipinski definition) is 2. The van der Waals surface area contributed by atoms with E-state index in [2.05, 4.69) is 50.2 Å². The lowest BCUT2D eigenvalue weighted by Gasteiger charge is -2.24. The smallest absolute Gasteiger partial charge is 0.0864 e. The lowest BCUT2D eigenvalue weighted by Crippen LogP contribution is -2.25. The summed E-state index contributed by atoms with van der Waals surface area (Å²) >= 11 is 0. The Kier molecular flexibility index (Phi) is 2.81. The molecular weight excluding hydrogens is 184 g/mol. The normalized spacial score (nSPS) is 22.3. The minimum absolute atomic E-state index is 0.408. The summed E-state index contributed by atoms with van der Waals surface area (Å²) in [5, 5.41) is 3.55. The third-order valence-electron chi connectivity index (χ3n) is 3.25. The molecule has 0 radical (unpaired) electrons. The van der Waals surface area contributed by atoms with E-state index in [0.29, 0.717) is 6.17 Å². The number of hydrogen-bond donors (Lipinski definition) is 1. The summed E-state index contributed by atoms with van der Waals surface area (Å²) in [6.07, 6.45) is 0.408. The van der Waals surface area contributed by atoms with Crippen LogP contribution in [0, 0.1) is 20.8 Å². The molecule has 1 aromatic rings. The zero-order valence-corrected chi connectivity index (χ0v) is 10.1. The van der Waals surface area contributed by atoms with Gasteiger partial charge in [-0.05, 0) is 44.5 Å². The van der Waals surface area contributed by atoms with Crippen molar-refractivity contribution in [3.63, 3.8) is 0 Å². The fourth-order valence-electron chi connectivity index (χ4n) is 2.61. The molecule has 2 heteroatoms. The number of nitrogens with zero attached hydrogens (tertiary/aromatic N) is 1. The fourth-order valence-corrected chi connectivity index (χ4v) is 2.61. The standard InChI is InChI=1S/C13H20N2/c1-9-7-10(2)12(11(3)8-9)13-14-5-6-15(13)4/h7-8,13-14H,5-6H2,1-4H3. The molecular formula is C13H20N2. The van der Waals surface area contributed by atoms with Crippen molar-refractivity contribution >= 4 is 0 Å². The van der Waals surface area contributed by atoms with Gasteiger partial charge in [-0.15, -0.1) is 0 Å². The van der Waals surface area contributed by atoms with Crippen molar-refractivity contribution in [1.82, 2.24) is 10.2 Å². The van der Waals surface area contributed by atoms with Crippen molar-refractivity contribution in [2.45, 2.75) is 26.9 Å². The Balaban J connectivity index is 2.43. The number of aryl methyl sites for hydroxylation is 3. The second-order valence-electron chi connectivity index (χ2n) is 4.65. The van der Waals surface area contributed by atoms with Gasteiger partial charge in [-0.1, -0.05) is 17.7 Å². The summed E-state index contributed by atoms with van der Waals surface area (Å²) in [4.78, 5) is 2.38. The molecule has 0 spiro atoms. The fraction of sp³-hybridized carbons (Fsp3) is 0.538. The van der Waals surface area contributed by atoms with Gasteiger partial charge in [0.05, 0.1) is 6.17 Å². The lowest BCUT2D eigenvalue weighted by molar-refractivity contribution is 0.299. The van der Waals surface area contributed by atoms with Crippen LogP contribution in [-0.2, 0) is 0 Å². The molecule has 1 heterocycles. The van der Waals surface area contributed by atoms with Gasteiger partial charge in [0.15, 0.2) is 0 Å². The van der Waals surface area contributed by atoms with Gasteiger partial charge in [-0.3, -0.25) is 10.2 Å². The molecule has 15 heavy (non-hydrogen) atoms. The van der Waals surface area contributed by atoms with Crippen LogP contribution >= 0.6 is 0 Å². The molecule has 2 nitrogen and oxygen atoms in total. The van der Waals surface area contributed by atoms with E-state index in [9.17, 15) is 0 Å². The minimum Gasteiger partial charge on any atom is -0.297 e. The van der Waals surface area contributed by atoms with E-state index in [-0.39, 0.29) is 0 Å². The van der Waals surface area contributed by atoms with Crippen LogP contribution in [0.5, 0.6) is 0 Å². The maximum Gasteiger partial charge on any atom is 0.0864 e. The van der Waals surface area contributed by atoms with Crippen molar-refractivity contribution in [2.24, 2.45) is 0 Å². The highest BCUT2D eigenvalue weighted by molar-refractivity contribution is 5.39. The topological polar surface area (TPSA) is 15.3 Å². The Morgan fingerprint density at radius 3 is 2.27 bits per heavy atom.